The predicted molar refractivity (Wildman–Crippen MR) is 99.1 cm³/mol. The quantitative estimate of drug-likeness (QED) is 0.425. The topological polar surface area (TPSA) is 72.5 Å². The summed E-state index contributed by atoms with van der Waals surface area (Å²) in [5.41, 5.74) is 1.47. The number of Topliss-reactive ketones (excluding diaryl/α,β-unsaturated/α-hetero) is 1. The third-order valence-electron chi connectivity index (χ3n) is 3.24. The number of hydrogen-bond acceptors (Lipinski definition) is 4. The fourth-order valence-corrected chi connectivity index (χ4v) is 2.52. The smallest absolute Gasteiger partial charge is 0.339 e. The maximum atomic E-state index is 12.1. The summed E-state index contributed by atoms with van der Waals surface area (Å²) in [6.07, 6.45) is 0.384. The first kappa shape index (κ1) is 18.1. The maximum absolute atomic E-state index is 12.1. The normalized spacial score (nSPS) is 10.1. The molecule has 5 nitrogen and oxygen atoms in total. The summed E-state index contributed by atoms with van der Waals surface area (Å²) in [6.45, 7) is 1.43. The van der Waals surface area contributed by atoms with E-state index >= 15 is 0 Å². The molecule has 0 unspecified atom stereocenters. The number of esters is 1. The Morgan fingerprint density at radius 3 is 2.33 bits per heavy atom. The standard InChI is InChI=1S/C18H16INO4/c1-2-17(22)20-13-9-7-12(8-10-13)16(21)11-24-18(23)14-5-3-4-6-15(14)19/h3-10H,2,11H2,1H3,(H,20,22). The van der Waals surface area contributed by atoms with Gasteiger partial charge in [-0.05, 0) is 59.0 Å². The molecule has 2 rings (SSSR count). The van der Waals surface area contributed by atoms with Crippen molar-refractivity contribution in [3.8, 4) is 0 Å². The minimum absolute atomic E-state index is 0.0968. The van der Waals surface area contributed by atoms with Gasteiger partial charge in [-0.2, -0.15) is 0 Å². The van der Waals surface area contributed by atoms with Crippen molar-refractivity contribution in [1.82, 2.24) is 0 Å². The second-order valence-corrected chi connectivity index (χ2v) is 6.12. The van der Waals surface area contributed by atoms with Crippen LogP contribution in [-0.2, 0) is 9.53 Å². The highest BCUT2D eigenvalue weighted by Gasteiger charge is 2.14. The van der Waals surface area contributed by atoms with Gasteiger partial charge in [0.15, 0.2) is 12.4 Å². The Morgan fingerprint density at radius 1 is 1.04 bits per heavy atom. The van der Waals surface area contributed by atoms with Crippen LogP contribution < -0.4 is 5.32 Å². The summed E-state index contributed by atoms with van der Waals surface area (Å²) in [6, 6.07) is 13.5. The number of carbonyl (C=O) groups is 3. The Hall–Kier alpha value is -2.22. The molecule has 0 aromatic heterocycles. The second kappa shape index (κ2) is 8.58. The van der Waals surface area contributed by atoms with Gasteiger partial charge in [0.2, 0.25) is 5.91 Å². The minimum Gasteiger partial charge on any atom is -0.454 e. The number of anilines is 1. The van der Waals surface area contributed by atoms with Gasteiger partial charge < -0.3 is 10.1 Å². The van der Waals surface area contributed by atoms with Gasteiger partial charge in [-0.3, -0.25) is 9.59 Å². The van der Waals surface area contributed by atoms with E-state index in [1.807, 2.05) is 28.7 Å². The molecular formula is C18H16INO4. The number of amides is 1. The van der Waals surface area contributed by atoms with E-state index in [2.05, 4.69) is 5.32 Å². The van der Waals surface area contributed by atoms with Gasteiger partial charge in [-0.25, -0.2) is 4.79 Å². The first-order valence-electron chi connectivity index (χ1n) is 7.36. The average Bonchev–Trinajstić information content (AvgIpc) is 2.60. The highest BCUT2D eigenvalue weighted by atomic mass is 127. The van der Waals surface area contributed by atoms with Gasteiger partial charge in [-0.1, -0.05) is 19.1 Å². The molecule has 0 atom stereocenters. The molecule has 0 bridgehead atoms. The molecule has 1 N–H and O–H groups in total. The van der Waals surface area contributed by atoms with Crippen LogP contribution in [0.4, 0.5) is 5.69 Å². The van der Waals surface area contributed by atoms with Crippen LogP contribution in [0.15, 0.2) is 48.5 Å². The van der Waals surface area contributed by atoms with E-state index in [4.69, 9.17) is 4.74 Å². The van der Waals surface area contributed by atoms with E-state index in [9.17, 15) is 14.4 Å². The summed E-state index contributed by atoms with van der Waals surface area (Å²) in [7, 11) is 0. The number of nitrogens with one attached hydrogen (secondary N) is 1. The molecule has 0 fully saturated rings. The fraction of sp³-hybridized carbons (Fsp3) is 0.167. The summed E-state index contributed by atoms with van der Waals surface area (Å²) < 4.78 is 5.84. The predicted octanol–water partition coefficient (Wildman–Crippen LogP) is 3.68. The highest BCUT2D eigenvalue weighted by molar-refractivity contribution is 14.1. The summed E-state index contributed by atoms with van der Waals surface area (Å²) in [5.74, 6) is -0.927. The lowest BCUT2D eigenvalue weighted by atomic mass is 10.1. The van der Waals surface area contributed by atoms with Crippen molar-refractivity contribution in [2.24, 2.45) is 0 Å². The number of rotatable bonds is 6. The SMILES string of the molecule is CCC(=O)Nc1ccc(C(=O)COC(=O)c2ccccc2I)cc1. The van der Waals surface area contributed by atoms with Gasteiger partial charge in [0.1, 0.15) is 0 Å². The Labute approximate surface area is 153 Å². The molecule has 0 spiro atoms. The van der Waals surface area contributed by atoms with Gasteiger partial charge in [0, 0.05) is 21.2 Å². The molecule has 24 heavy (non-hydrogen) atoms. The van der Waals surface area contributed by atoms with Crippen molar-refractivity contribution < 1.29 is 19.1 Å². The van der Waals surface area contributed by atoms with Gasteiger partial charge in [0.25, 0.3) is 0 Å². The molecule has 0 heterocycles. The lowest BCUT2D eigenvalue weighted by Crippen LogP contribution is -2.15. The zero-order valence-electron chi connectivity index (χ0n) is 13.0. The van der Waals surface area contributed by atoms with E-state index in [-0.39, 0.29) is 18.3 Å². The van der Waals surface area contributed by atoms with Crippen LogP contribution in [0.1, 0.15) is 34.1 Å². The lowest BCUT2D eigenvalue weighted by Gasteiger charge is -2.07. The van der Waals surface area contributed by atoms with Crippen molar-refractivity contribution in [1.29, 1.82) is 0 Å². The Morgan fingerprint density at radius 2 is 1.71 bits per heavy atom. The number of benzene rings is 2. The first-order chi connectivity index (χ1) is 11.5. The number of hydrogen-bond donors (Lipinski definition) is 1. The molecular weight excluding hydrogens is 421 g/mol. The molecule has 0 aliphatic carbocycles. The maximum Gasteiger partial charge on any atom is 0.339 e. The zero-order valence-corrected chi connectivity index (χ0v) is 15.2. The molecule has 6 heteroatoms. The van der Waals surface area contributed by atoms with E-state index in [1.165, 1.54) is 0 Å². The van der Waals surface area contributed by atoms with E-state index in [0.29, 0.717) is 23.2 Å². The molecule has 0 aliphatic rings. The van der Waals surface area contributed by atoms with Crippen molar-refractivity contribution in [2.75, 3.05) is 11.9 Å². The second-order valence-electron chi connectivity index (χ2n) is 4.96. The van der Waals surface area contributed by atoms with Crippen molar-refractivity contribution in [3.63, 3.8) is 0 Å². The Bertz CT molecular complexity index is 756. The van der Waals surface area contributed by atoms with Gasteiger partial charge >= 0.3 is 5.97 Å². The molecule has 124 valence electrons. The molecule has 0 aliphatic heterocycles. The van der Waals surface area contributed by atoms with Crippen molar-refractivity contribution in [2.45, 2.75) is 13.3 Å². The lowest BCUT2D eigenvalue weighted by molar-refractivity contribution is -0.115. The molecule has 2 aromatic rings. The van der Waals surface area contributed by atoms with Crippen LogP contribution in [-0.4, -0.2) is 24.3 Å². The first-order valence-corrected chi connectivity index (χ1v) is 8.44. The average molecular weight is 437 g/mol. The van der Waals surface area contributed by atoms with Crippen LogP contribution in [0, 0.1) is 3.57 Å². The molecule has 0 saturated heterocycles. The van der Waals surface area contributed by atoms with Crippen LogP contribution >= 0.6 is 22.6 Å². The number of ketones is 1. The van der Waals surface area contributed by atoms with Crippen LogP contribution in [0.5, 0.6) is 0 Å². The largest absolute Gasteiger partial charge is 0.454 e. The molecule has 0 radical (unpaired) electrons. The fourth-order valence-electron chi connectivity index (χ4n) is 1.91. The van der Waals surface area contributed by atoms with Crippen LogP contribution in [0.25, 0.3) is 0 Å². The summed E-state index contributed by atoms with van der Waals surface area (Å²) in [4.78, 5) is 35.4. The van der Waals surface area contributed by atoms with Crippen LogP contribution in [0.2, 0.25) is 0 Å². The highest BCUT2D eigenvalue weighted by Crippen LogP contribution is 2.14. The summed E-state index contributed by atoms with van der Waals surface area (Å²) in [5, 5.41) is 2.70. The van der Waals surface area contributed by atoms with Gasteiger partial charge in [0.05, 0.1) is 5.56 Å². The van der Waals surface area contributed by atoms with Crippen molar-refractivity contribution >= 4 is 45.9 Å². The number of carbonyl (C=O) groups excluding carboxylic acids is 3. The molecule has 0 saturated carbocycles. The summed E-state index contributed by atoms with van der Waals surface area (Å²) >= 11 is 2.04. The zero-order chi connectivity index (χ0) is 17.5. The minimum atomic E-state index is -0.528. The van der Waals surface area contributed by atoms with Crippen molar-refractivity contribution in [3.05, 3.63) is 63.2 Å². The Balaban J connectivity index is 1.94. The number of ether oxygens (including phenoxy) is 1. The van der Waals surface area contributed by atoms with Gasteiger partial charge in [-0.15, -0.1) is 0 Å². The van der Waals surface area contributed by atoms with E-state index < -0.39 is 5.97 Å². The Kier molecular flexibility index (Phi) is 6.48. The van der Waals surface area contributed by atoms with Crippen LogP contribution in [0.3, 0.4) is 0 Å². The molecule has 1 amide bonds. The van der Waals surface area contributed by atoms with E-state index in [1.54, 1.807) is 49.4 Å². The number of halogens is 1. The monoisotopic (exact) mass is 437 g/mol. The third-order valence-corrected chi connectivity index (χ3v) is 4.18. The van der Waals surface area contributed by atoms with E-state index in [0.717, 1.165) is 3.57 Å². The third kappa shape index (κ3) is 4.89. The molecule has 2 aromatic carbocycles.